The van der Waals surface area contributed by atoms with Crippen LogP contribution in [0.5, 0.6) is 0 Å². The van der Waals surface area contributed by atoms with Crippen molar-refractivity contribution in [2.75, 3.05) is 49.7 Å². The molecule has 4 N–H and O–H groups in total. The first-order chi connectivity index (χ1) is 18.6. The molecule has 10 heteroatoms. The normalized spacial score (nSPS) is 10.6. The monoisotopic (exact) mass is 531 g/mol. The summed E-state index contributed by atoms with van der Waals surface area (Å²) in [4.78, 5) is 52.5. The van der Waals surface area contributed by atoms with E-state index in [2.05, 4.69) is 16.0 Å². The molecule has 204 valence electrons. The van der Waals surface area contributed by atoms with Gasteiger partial charge in [0.15, 0.2) is 0 Å². The molecule has 0 bridgehead atoms. The second-order valence-electron chi connectivity index (χ2n) is 9.32. The van der Waals surface area contributed by atoms with Gasteiger partial charge in [0, 0.05) is 30.2 Å². The number of aryl methyl sites for hydroxylation is 1. The quantitative estimate of drug-likeness (QED) is 0.297. The van der Waals surface area contributed by atoms with E-state index in [1.807, 2.05) is 50.2 Å². The summed E-state index contributed by atoms with van der Waals surface area (Å²) in [6.45, 7) is 2.69. The van der Waals surface area contributed by atoms with Gasteiger partial charge in [0.25, 0.3) is 0 Å². The van der Waals surface area contributed by atoms with Crippen molar-refractivity contribution in [1.29, 1.82) is 0 Å². The van der Waals surface area contributed by atoms with Gasteiger partial charge in [0.1, 0.15) is 0 Å². The Labute approximate surface area is 227 Å². The molecule has 0 atom stereocenters. The zero-order valence-electron chi connectivity index (χ0n) is 22.2. The molecule has 10 nitrogen and oxygen atoms in total. The van der Waals surface area contributed by atoms with Crippen LogP contribution < -0.4 is 16.0 Å². The number of carboxylic acids is 1. The first kappa shape index (κ1) is 28.9. The van der Waals surface area contributed by atoms with E-state index in [1.54, 1.807) is 24.3 Å². The van der Waals surface area contributed by atoms with Crippen LogP contribution in [-0.4, -0.2) is 72.5 Å². The molecule has 0 radical (unpaired) electrons. The molecule has 0 aliphatic heterocycles. The number of urea groups is 1. The highest BCUT2D eigenvalue weighted by Gasteiger charge is 2.18. The van der Waals surface area contributed by atoms with E-state index in [0.29, 0.717) is 24.5 Å². The predicted molar refractivity (Wildman–Crippen MR) is 151 cm³/mol. The predicted octanol–water partition coefficient (Wildman–Crippen LogP) is 3.91. The molecule has 0 aliphatic rings. The van der Waals surface area contributed by atoms with E-state index < -0.39 is 5.97 Å². The second-order valence-corrected chi connectivity index (χ2v) is 9.32. The van der Waals surface area contributed by atoms with Crippen molar-refractivity contribution < 1.29 is 24.3 Å². The van der Waals surface area contributed by atoms with Crippen molar-refractivity contribution in [3.8, 4) is 0 Å². The molecule has 0 unspecified atom stereocenters. The van der Waals surface area contributed by atoms with Crippen molar-refractivity contribution in [3.05, 3.63) is 89.5 Å². The number of amides is 4. The fourth-order valence-corrected chi connectivity index (χ4v) is 3.67. The van der Waals surface area contributed by atoms with Crippen LogP contribution in [0.15, 0.2) is 72.8 Å². The smallest absolute Gasteiger partial charge is 0.335 e. The first-order valence-corrected chi connectivity index (χ1v) is 12.4. The van der Waals surface area contributed by atoms with Crippen LogP contribution in [0.4, 0.5) is 21.9 Å². The number of carboxylic acid groups (broad SMARTS) is 1. The van der Waals surface area contributed by atoms with Crippen molar-refractivity contribution >= 4 is 40.9 Å². The molecular weight excluding hydrogens is 498 g/mol. The minimum Gasteiger partial charge on any atom is -0.478 e. The van der Waals surface area contributed by atoms with Crippen molar-refractivity contribution in [2.45, 2.75) is 13.3 Å². The van der Waals surface area contributed by atoms with Crippen LogP contribution in [0.2, 0.25) is 0 Å². The van der Waals surface area contributed by atoms with Crippen LogP contribution in [-0.2, 0) is 16.0 Å². The maximum absolute atomic E-state index is 13.1. The minimum atomic E-state index is -1.05. The first-order valence-electron chi connectivity index (χ1n) is 12.4. The molecule has 3 aromatic carbocycles. The lowest BCUT2D eigenvalue weighted by Crippen LogP contribution is -2.42. The lowest BCUT2D eigenvalue weighted by atomic mass is 10.1. The Morgan fingerprint density at radius 2 is 1.38 bits per heavy atom. The van der Waals surface area contributed by atoms with E-state index in [0.717, 1.165) is 16.8 Å². The maximum Gasteiger partial charge on any atom is 0.335 e. The van der Waals surface area contributed by atoms with Crippen LogP contribution in [0.25, 0.3) is 0 Å². The summed E-state index contributed by atoms with van der Waals surface area (Å²) in [5.74, 6) is -1.65. The van der Waals surface area contributed by atoms with Crippen LogP contribution >= 0.6 is 0 Å². The Hall–Kier alpha value is -4.70. The minimum absolute atomic E-state index is 0.0870. The number of aromatic carboxylic acids is 1. The summed E-state index contributed by atoms with van der Waals surface area (Å²) in [7, 11) is 3.77. The molecule has 0 fully saturated rings. The van der Waals surface area contributed by atoms with E-state index in [-0.39, 0.29) is 36.4 Å². The molecule has 0 saturated carbocycles. The summed E-state index contributed by atoms with van der Waals surface area (Å²) >= 11 is 0. The second kappa shape index (κ2) is 13.7. The molecule has 3 aromatic rings. The third-order valence-electron chi connectivity index (χ3n) is 5.88. The highest BCUT2D eigenvalue weighted by atomic mass is 16.4. The molecule has 0 aliphatic carbocycles. The van der Waals surface area contributed by atoms with Gasteiger partial charge < -0.3 is 30.9 Å². The van der Waals surface area contributed by atoms with Crippen LogP contribution in [0, 0.1) is 6.92 Å². The summed E-state index contributed by atoms with van der Waals surface area (Å²) in [6, 6.07) is 19.9. The molecule has 39 heavy (non-hydrogen) atoms. The van der Waals surface area contributed by atoms with E-state index in [9.17, 15) is 19.2 Å². The Morgan fingerprint density at radius 1 is 0.769 bits per heavy atom. The van der Waals surface area contributed by atoms with Gasteiger partial charge in [-0.15, -0.1) is 0 Å². The number of nitrogens with one attached hydrogen (secondary N) is 3. The van der Waals surface area contributed by atoms with Crippen molar-refractivity contribution in [1.82, 2.24) is 9.80 Å². The van der Waals surface area contributed by atoms with Gasteiger partial charge in [0.05, 0.1) is 18.5 Å². The number of carbonyl (C=O) groups excluding carboxylic acids is 3. The molecule has 0 heterocycles. The Bertz CT molecular complexity index is 1310. The number of para-hydroxylation sites is 1. The molecule has 0 saturated heterocycles. The number of likely N-dealkylation sites (N-methyl/N-ethyl adjacent to an activating group) is 1. The lowest BCUT2D eigenvalue weighted by molar-refractivity contribution is -0.134. The average Bonchev–Trinajstić information content (AvgIpc) is 2.89. The highest BCUT2D eigenvalue weighted by molar-refractivity contribution is 6.00. The molecule has 0 spiro atoms. The summed E-state index contributed by atoms with van der Waals surface area (Å²) in [5, 5.41) is 17.3. The number of rotatable bonds is 11. The summed E-state index contributed by atoms with van der Waals surface area (Å²) < 4.78 is 0. The lowest BCUT2D eigenvalue weighted by Gasteiger charge is -2.24. The molecule has 3 rings (SSSR count). The van der Waals surface area contributed by atoms with Gasteiger partial charge in [-0.3, -0.25) is 9.59 Å². The third-order valence-corrected chi connectivity index (χ3v) is 5.88. The SMILES string of the molecule is Cc1ccccc1NC(=O)Nc1ccc(CC(=O)N(CCN(C)C)CC(=O)Nc2ccc(C(=O)O)cc2)cc1. The van der Waals surface area contributed by atoms with Gasteiger partial charge >= 0.3 is 12.0 Å². The van der Waals surface area contributed by atoms with Gasteiger partial charge in [-0.1, -0.05) is 30.3 Å². The standard InChI is InChI=1S/C29H33N5O5/c1-20-6-4-5-7-25(20)32-29(39)31-24-12-8-21(9-13-24)18-27(36)34(17-16-33(2)3)19-26(35)30-23-14-10-22(11-15-23)28(37)38/h4-15H,16-19H2,1-3H3,(H,30,35)(H,37,38)(H2,31,32,39). The number of nitrogens with zero attached hydrogens (tertiary/aromatic N) is 2. The van der Waals surface area contributed by atoms with Crippen molar-refractivity contribution in [3.63, 3.8) is 0 Å². The fourth-order valence-electron chi connectivity index (χ4n) is 3.67. The largest absolute Gasteiger partial charge is 0.478 e. The number of carbonyl (C=O) groups is 4. The average molecular weight is 532 g/mol. The summed E-state index contributed by atoms with van der Waals surface area (Å²) in [6.07, 6.45) is 0.0870. The van der Waals surface area contributed by atoms with E-state index >= 15 is 0 Å². The van der Waals surface area contributed by atoms with Gasteiger partial charge in [-0.05, 0) is 74.6 Å². The topological polar surface area (TPSA) is 131 Å². The van der Waals surface area contributed by atoms with E-state index in [4.69, 9.17) is 5.11 Å². The molecule has 4 amide bonds. The zero-order chi connectivity index (χ0) is 28.4. The Kier molecular flexibility index (Phi) is 10.2. The Balaban J connectivity index is 1.58. The van der Waals surface area contributed by atoms with Crippen molar-refractivity contribution in [2.24, 2.45) is 0 Å². The van der Waals surface area contributed by atoms with Gasteiger partial charge in [-0.2, -0.15) is 0 Å². The fraction of sp³-hybridized carbons (Fsp3) is 0.241. The van der Waals surface area contributed by atoms with Crippen LogP contribution in [0.3, 0.4) is 0 Å². The van der Waals surface area contributed by atoms with Gasteiger partial charge in [-0.25, -0.2) is 9.59 Å². The highest BCUT2D eigenvalue weighted by Crippen LogP contribution is 2.16. The van der Waals surface area contributed by atoms with Gasteiger partial charge in [0.2, 0.25) is 11.8 Å². The maximum atomic E-state index is 13.1. The van der Waals surface area contributed by atoms with E-state index in [1.165, 1.54) is 29.2 Å². The van der Waals surface area contributed by atoms with Crippen LogP contribution in [0.1, 0.15) is 21.5 Å². The number of anilines is 3. The number of hydrogen-bond acceptors (Lipinski definition) is 5. The Morgan fingerprint density at radius 3 is 2.00 bits per heavy atom. The number of benzene rings is 3. The third kappa shape index (κ3) is 9.28. The summed E-state index contributed by atoms with van der Waals surface area (Å²) in [5.41, 5.74) is 3.55. The number of hydrogen-bond donors (Lipinski definition) is 4. The molecule has 0 aromatic heterocycles. The molecular formula is C29H33N5O5. The zero-order valence-corrected chi connectivity index (χ0v) is 22.2.